The maximum Gasteiger partial charge on any atom is 0.113 e. The number of hydroxylamine groups is 2. The molecule has 1 aliphatic rings. The molecule has 0 saturated carbocycles. The van der Waals surface area contributed by atoms with Crippen LogP contribution in [0.25, 0.3) is 0 Å². The number of nitrogens with zero attached hydrogens (tertiary/aromatic N) is 1. The Bertz CT molecular complexity index is 967. The summed E-state index contributed by atoms with van der Waals surface area (Å²) >= 11 is 0. The Morgan fingerprint density at radius 1 is 0.697 bits per heavy atom. The number of piperidine rings is 1. The fourth-order valence-electron chi connectivity index (χ4n) is 4.10. The average molecular weight is 446 g/mol. The van der Waals surface area contributed by atoms with Crippen LogP contribution >= 0.6 is 0 Å². The van der Waals surface area contributed by atoms with Gasteiger partial charge in [0, 0.05) is 0 Å². The van der Waals surface area contributed by atoms with Gasteiger partial charge in [0.15, 0.2) is 0 Å². The summed E-state index contributed by atoms with van der Waals surface area (Å²) in [5, 5.41) is 12.0. The molecule has 1 saturated heterocycles. The van der Waals surface area contributed by atoms with Crippen molar-refractivity contribution in [1.29, 1.82) is 0 Å². The molecule has 0 bridgehead atoms. The molecule has 3 aromatic rings. The molecule has 5 heteroatoms. The Morgan fingerprint density at radius 2 is 1.12 bits per heavy atom. The van der Waals surface area contributed by atoms with Crippen LogP contribution in [-0.2, 0) is 34.0 Å². The summed E-state index contributed by atoms with van der Waals surface area (Å²) in [7, 11) is 0. The van der Waals surface area contributed by atoms with E-state index in [2.05, 4.69) is 6.58 Å². The molecule has 5 nitrogen and oxygen atoms in total. The summed E-state index contributed by atoms with van der Waals surface area (Å²) in [4.78, 5) is 0. The standard InChI is InChI=1S/C28H31NO4/c1-2-25-27(32-20-23-14-8-4-9-15-23)28(33-21-24-16-10-5-11-17-24)26(18-29(25)30)31-19-22-12-6-3-7-13-22/h2-17,25-28,30H,1,18-21H2/t25-,26-,27-,28+/m0/s1. The Kier molecular flexibility index (Phi) is 8.41. The third-order valence-electron chi connectivity index (χ3n) is 5.86. The number of hydrogen-bond donors (Lipinski definition) is 1. The molecular formula is C28H31NO4. The van der Waals surface area contributed by atoms with Crippen LogP contribution in [0.15, 0.2) is 104 Å². The summed E-state index contributed by atoms with van der Waals surface area (Å²) in [6.45, 7) is 5.49. The minimum Gasteiger partial charge on any atom is -0.369 e. The van der Waals surface area contributed by atoms with Gasteiger partial charge in [-0.15, -0.1) is 6.58 Å². The van der Waals surface area contributed by atoms with Crippen LogP contribution in [0.3, 0.4) is 0 Å². The molecule has 0 unspecified atom stereocenters. The highest BCUT2D eigenvalue weighted by Crippen LogP contribution is 2.28. The lowest BCUT2D eigenvalue weighted by Gasteiger charge is -2.45. The predicted octanol–water partition coefficient (Wildman–Crippen LogP) is 5.00. The Morgan fingerprint density at radius 3 is 1.58 bits per heavy atom. The van der Waals surface area contributed by atoms with E-state index in [1.54, 1.807) is 6.08 Å². The predicted molar refractivity (Wildman–Crippen MR) is 128 cm³/mol. The Balaban J connectivity index is 1.53. The largest absolute Gasteiger partial charge is 0.369 e. The van der Waals surface area contributed by atoms with Crippen LogP contribution in [0, 0.1) is 0 Å². The van der Waals surface area contributed by atoms with E-state index < -0.39 is 12.1 Å². The van der Waals surface area contributed by atoms with Crippen molar-refractivity contribution in [2.45, 2.75) is 44.2 Å². The first kappa shape index (κ1) is 23.4. The zero-order valence-electron chi connectivity index (χ0n) is 18.7. The van der Waals surface area contributed by atoms with Crippen molar-refractivity contribution in [2.24, 2.45) is 0 Å². The molecule has 0 radical (unpaired) electrons. The molecule has 1 aliphatic heterocycles. The Labute approximate surface area is 195 Å². The second-order valence-electron chi connectivity index (χ2n) is 8.21. The lowest BCUT2D eigenvalue weighted by molar-refractivity contribution is -0.256. The molecule has 4 rings (SSSR count). The number of benzene rings is 3. The molecule has 4 atom stereocenters. The summed E-state index contributed by atoms with van der Waals surface area (Å²) < 4.78 is 19.0. The fourth-order valence-corrected chi connectivity index (χ4v) is 4.10. The first-order valence-corrected chi connectivity index (χ1v) is 11.3. The van der Waals surface area contributed by atoms with E-state index in [1.165, 1.54) is 5.06 Å². The van der Waals surface area contributed by atoms with E-state index >= 15 is 0 Å². The third kappa shape index (κ3) is 6.38. The summed E-state index contributed by atoms with van der Waals surface area (Å²) in [5.41, 5.74) is 3.19. The maximum atomic E-state index is 10.8. The highest BCUT2D eigenvalue weighted by molar-refractivity contribution is 5.16. The van der Waals surface area contributed by atoms with Gasteiger partial charge in [-0.3, -0.25) is 0 Å². The minimum atomic E-state index is -0.453. The van der Waals surface area contributed by atoms with Crippen molar-refractivity contribution in [3.05, 3.63) is 120 Å². The number of hydrogen-bond acceptors (Lipinski definition) is 5. The van der Waals surface area contributed by atoms with Gasteiger partial charge in [0.05, 0.1) is 32.4 Å². The summed E-state index contributed by atoms with van der Waals surface area (Å²) in [6.07, 6.45) is 0.493. The Hall–Kier alpha value is -2.80. The third-order valence-corrected chi connectivity index (χ3v) is 5.86. The zero-order chi connectivity index (χ0) is 22.9. The van der Waals surface area contributed by atoms with Crippen molar-refractivity contribution in [3.63, 3.8) is 0 Å². The van der Waals surface area contributed by atoms with E-state index in [9.17, 15) is 5.21 Å². The summed E-state index contributed by atoms with van der Waals surface area (Å²) in [6, 6.07) is 29.6. The molecule has 0 aromatic heterocycles. The molecule has 1 heterocycles. The first-order valence-electron chi connectivity index (χ1n) is 11.3. The first-order chi connectivity index (χ1) is 16.2. The lowest BCUT2D eigenvalue weighted by atomic mass is 9.94. The number of rotatable bonds is 10. The lowest BCUT2D eigenvalue weighted by Crippen LogP contribution is -2.61. The quantitative estimate of drug-likeness (QED) is 0.445. The molecule has 3 aromatic carbocycles. The molecule has 0 aliphatic carbocycles. The topological polar surface area (TPSA) is 51.2 Å². The van der Waals surface area contributed by atoms with Crippen LogP contribution in [0.2, 0.25) is 0 Å². The molecule has 172 valence electrons. The van der Waals surface area contributed by atoms with Crippen LogP contribution in [0.5, 0.6) is 0 Å². The second-order valence-corrected chi connectivity index (χ2v) is 8.21. The normalized spacial score (nSPS) is 23.3. The van der Waals surface area contributed by atoms with Gasteiger partial charge in [0.25, 0.3) is 0 Å². The van der Waals surface area contributed by atoms with Crippen molar-refractivity contribution in [2.75, 3.05) is 6.54 Å². The zero-order valence-corrected chi connectivity index (χ0v) is 18.7. The van der Waals surface area contributed by atoms with Gasteiger partial charge in [-0.25, -0.2) is 0 Å². The van der Waals surface area contributed by atoms with Crippen molar-refractivity contribution in [3.8, 4) is 0 Å². The van der Waals surface area contributed by atoms with E-state index in [0.29, 0.717) is 26.4 Å². The van der Waals surface area contributed by atoms with E-state index in [4.69, 9.17) is 14.2 Å². The highest BCUT2D eigenvalue weighted by atomic mass is 16.6. The SMILES string of the molecule is C=C[C@H]1[C@H](OCc2ccccc2)[C@H](OCc2ccccc2)[C@@H](OCc2ccccc2)CN1O. The minimum absolute atomic E-state index is 0.300. The van der Waals surface area contributed by atoms with Crippen molar-refractivity contribution in [1.82, 2.24) is 5.06 Å². The van der Waals surface area contributed by atoms with Gasteiger partial charge >= 0.3 is 0 Å². The van der Waals surface area contributed by atoms with E-state index in [1.807, 2.05) is 91.0 Å². The molecule has 33 heavy (non-hydrogen) atoms. The fraction of sp³-hybridized carbons (Fsp3) is 0.286. The molecule has 0 amide bonds. The van der Waals surface area contributed by atoms with Crippen molar-refractivity contribution >= 4 is 0 Å². The summed E-state index contributed by atoms with van der Waals surface area (Å²) in [5.74, 6) is 0. The van der Waals surface area contributed by atoms with Crippen LogP contribution in [-0.4, -0.2) is 41.2 Å². The molecule has 0 spiro atoms. The molecule has 1 N–H and O–H groups in total. The number of ether oxygens (including phenoxy) is 3. The molecular weight excluding hydrogens is 414 g/mol. The van der Waals surface area contributed by atoms with Gasteiger partial charge in [-0.1, -0.05) is 97.1 Å². The van der Waals surface area contributed by atoms with Gasteiger partial charge in [0.2, 0.25) is 0 Å². The highest BCUT2D eigenvalue weighted by Gasteiger charge is 2.44. The van der Waals surface area contributed by atoms with Gasteiger partial charge < -0.3 is 19.4 Å². The average Bonchev–Trinajstić information content (AvgIpc) is 2.87. The van der Waals surface area contributed by atoms with Gasteiger partial charge in [-0.05, 0) is 16.7 Å². The monoisotopic (exact) mass is 445 g/mol. The smallest absolute Gasteiger partial charge is 0.113 e. The van der Waals surface area contributed by atoms with E-state index in [0.717, 1.165) is 16.7 Å². The van der Waals surface area contributed by atoms with Crippen molar-refractivity contribution < 1.29 is 19.4 Å². The molecule has 1 fully saturated rings. The van der Waals surface area contributed by atoms with E-state index in [-0.39, 0.29) is 12.2 Å². The van der Waals surface area contributed by atoms with Crippen LogP contribution < -0.4 is 0 Å². The second kappa shape index (κ2) is 11.9. The van der Waals surface area contributed by atoms with Crippen LogP contribution in [0.4, 0.5) is 0 Å². The van der Waals surface area contributed by atoms with Crippen LogP contribution in [0.1, 0.15) is 16.7 Å². The van der Waals surface area contributed by atoms with Gasteiger partial charge in [0.1, 0.15) is 18.3 Å². The van der Waals surface area contributed by atoms with Gasteiger partial charge in [-0.2, -0.15) is 5.06 Å². The maximum absolute atomic E-state index is 10.8.